The summed E-state index contributed by atoms with van der Waals surface area (Å²) in [6.45, 7) is 2.65. The first-order valence-electron chi connectivity index (χ1n) is 6.87. The smallest absolute Gasteiger partial charge is 0.320 e. The summed E-state index contributed by atoms with van der Waals surface area (Å²) in [6.07, 6.45) is -0.331. The van der Waals surface area contributed by atoms with Crippen LogP contribution in [0.1, 0.15) is 13.3 Å². The lowest BCUT2D eigenvalue weighted by Crippen LogP contribution is -2.58. The van der Waals surface area contributed by atoms with Gasteiger partial charge in [0.1, 0.15) is 0 Å². The van der Waals surface area contributed by atoms with Crippen LogP contribution in [0.5, 0.6) is 0 Å². The van der Waals surface area contributed by atoms with Gasteiger partial charge in [0.05, 0.1) is 24.0 Å². The Labute approximate surface area is 128 Å². The number of urea groups is 1. The molecule has 0 radical (unpaired) electrons. The van der Waals surface area contributed by atoms with E-state index in [-0.39, 0.29) is 36.5 Å². The molecule has 2 heterocycles. The molecule has 0 bridgehead atoms. The van der Waals surface area contributed by atoms with Gasteiger partial charge in [0, 0.05) is 30.6 Å². The van der Waals surface area contributed by atoms with Crippen LogP contribution in [-0.4, -0.2) is 83.5 Å². The molecular weight excluding hydrogens is 316 g/mol. The van der Waals surface area contributed by atoms with Gasteiger partial charge in [0.15, 0.2) is 9.84 Å². The lowest BCUT2D eigenvalue weighted by atomic mass is 10.2. The Hall–Kier alpha value is -0.960. The number of carboxylic acid groups (broad SMARTS) is 1. The van der Waals surface area contributed by atoms with Crippen molar-refractivity contribution in [1.29, 1.82) is 0 Å². The van der Waals surface area contributed by atoms with Crippen LogP contribution in [0.4, 0.5) is 4.79 Å². The highest BCUT2D eigenvalue weighted by atomic mass is 32.2. The predicted molar refractivity (Wildman–Crippen MR) is 80.3 cm³/mol. The van der Waals surface area contributed by atoms with E-state index in [0.717, 1.165) is 11.5 Å². The monoisotopic (exact) mass is 336 g/mol. The second-order valence-electron chi connectivity index (χ2n) is 5.46. The Balaban J connectivity index is 2.14. The number of thioether (sulfide) groups is 1. The molecule has 0 aromatic rings. The van der Waals surface area contributed by atoms with Gasteiger partial charge < -0.3 is 14.9 Å². The van der Waals surface area contributed by atoms with Crippen LogP contribution < -0.4 is 0 Å². The summed E-state index contributed by atoms with van der Waals surface area (Å²) < 4.78 is 23.4. The quantitative estimate of drug-likeness (QED) is 0.769. The van der Waals surface area contributed by atoms with Gasteiger partial charge >= 0.3 is 12.0 Å². The molecule has 2 amide bonds. The third-order valence-electron chi connectivity index (χ3n) is 3.80. The minimum Gasteiger partial charge on any atom is -0.481 e. The fraction of sp³-hybridized carbons (Fsp3) is 0.833. The molecule has 21 heavy (non-hydrogen) atoms. The molecule has 1 N–H and O–H groups in total. The summed E-state index contributed by atoms with van der Waals surface area (Å²) in [4.78, 5) is 26.7. The summed E-state index contributed by atoms with van der Waals surface area (Å²) in [6, 6.07) is -0.917. The molecule has 9 heteroatoms. The first-order chi connectivity index (χ1) is 9.80. The number of hydrogen-bond donors (Lipinski definition) is 1. The molecule has 2 rings (SSSR count). The second-order valence-corrected chi connectivity index (χ2v) is 8.84. The molecule has 2 saturated heterocycles. The lowest BCUT2D eigenvalue weighted by molar-refractivity contribution is -0.138. The number of aliphatic carboxylic acids is 1. The number of rotatable bonds is 2. The number of carbonyl (C=O) groups is 2. The third kappa shape index (κ3) is 4.03. The Morgan fingerprint density at radius 1 is 1.29 bits per heavy atom. The second kappa shape index (κ2) is 6.43. The molecule has 0 aromatic heterocycles. The molecule has 2 aliphatic rings. The zero-order chi connectivity index (χ0) is 15.6. The zero-order valence-corrected chi connectivity index (χ0v) is 13.5. The molecule has 2 unspecified atom stereocenters. The van der Waals surface area contributed by atoms with E-state index < -0.39 is 21.8 Å². The molecular formula is C12H20N2O5S2. The molecule has 7 nitrogen and oxygen atoms in total. The molecule has 120 valence electrons. The minimum absolute atomic E-state index is 0.0788. The third-order valence-corrected chi connectivity index (χ3v) is 6.69. The van der Waals surface area contributed by atoms with Gasteiger partial charge in [-0.05, 0) is 6.92 Å². The van der Waals surface area contributed by atoms with Crippen molar-refractivity contribution in [2.45, 2.75) is 25.4 Å². The van der Waals surface area contributed by atoms with Crippen molar-refractivity contribution in [3.05, 3.63) is 0 Å². The van der Waals surface area contributed by atoms with Crippen molar-refractivity contribution < 1.29 is 23.1 Å². The van der Waals surface area contributed by atoms with E-state index in [1.54, 1.807) is 16.7 Å². The van der Waals surface area contributed by atoms with Crippen LogP contribution in [0.2, 0.25) is 0 Å². The van der Waals surface area contributed by atoms with Crippen molar-refractivity contribution in [2.75, 3.05) is 36.1 Å². The number of sulfone groups is 1. The first-order valence-corrected chi connectivity index (χ1v) is 9.85. The summed E-state index contributed by atoms with van der Waals surface area (Å²) >= 11 is 1.78. The van der Waals surface area contributed by atoms with Gasteiger partial charge in [-0.2, -0.15) is 11.8 Å². The number of carboxylic acids is 1. The minimum atomic E-state index is -3.27. The van der Waals surface area contributed by atoms with Gasteiger partial charge in [0.25, 0.3) is 0 Å². The molecule has 2 fully saturated rings. The average molecular weight is 336 g/mol. The van der Waals surface area contributed by atoms with Crippen molar-refractivity contribution in [2.24, 2.45) is 0 Å². The highest BCUT2D eigenvalue weighted by molar-refractivity contribution is 7.99. The van der Waals surface area contributed by atoms with Crippen LogP contribution in [-0.2, 0) is 14.6 Å². The van der Waals surface area contributed by atoms with Crippen molar-refractivity contribution in [3.63, 3.8) is 0 Å². The molecule has 0 aromatic carbocycles. The highest BCUT2D eigenvalue weighted by Crippen LogP contribution is 2.22. The van der Waals surface area contributed by atoms with Crippen molar-refractivity contribution in [1.82, 2.24) is 9.80 Å². The summed E-state index contributed by atoms with van der Waals surface area (Å²) in [5, 5.41) is 8.95. The van der Waals surface area contributed by atoms with E-state index in [1.807, 2.05) is 6.92 Å². The van der Waals surface area contributed by atoms with Crippen LogP contribution in [0.15, 0.2) is 0 Å². The van der Waals surface area contributed by atoms with E-state index in [1.165, 1.54) is 4.90 Å². The maximum absolute atomic E-state index is 12.6. The predicted octanol–water partition coefficient (Wildman–Crippen LogP) is 0.117. The SMILES string of the molecule is CC1CSCCN1C(=O)N1CCS(=O)(=O)CC1CC(=O)O. The van der Waals surface area contributed by atoms with Gasteiger partial charge in [-0.1, -0.05) is 0 Å². The van der Waals surface area contributed by atoms with Crippen LogP contribution in [0.25, 0.3) is 0 Å². The zero-order valence-electron chi connectivity index (χ0n) is 11.9. The van der Waals surface area contributed by atoms with Gasteiger partial charge in [0.2, 0.25) is 0 Å². The standard InChI is InChI=1S/C12H20N2O5S2/c1-9-7-20-4-2-13(9)12(17)14-3-5-21(18,19)8-10(14)6-11(15)16/h9-10H,2-8H2,1H3,(H,15,16). The molecule has 0 saturated carbocycles. The van der Waals surface area contributed by atoms with Crippen LogP contribution in [0, 0.1) is 0 Å². The van der Waals surface area contributed by atoms with Gasteiger partial charge in [-0.25, -0.2) is 13.2 Å². The Bertz CT molecular complexity index is 522. The molecule has 2 aliphatic heterocycles. The normalized spacial score (nSPS) is 29.2. The number of amides is 2. The van der Waals surface area contributed by atoms with Crippen molar-refractivity contribution >= 4 is 33.6 Å². The Morgan fingerprint density at radius 2 is 2.00 bits per heavy atom. The average Bonchev–Trinajstić information content (AvgIpc) is 2.37. The fourth-order valence-electron chi connectivity index (χ4n) is 2.69. The van der Waals surface area contributed by atoms with E-state index in [4.69, 9.17) is 5.11 Å². The van der Waals surface area contributed by atoms with E-state index in [9.17, 15) is 18.0 Å². The summed E-state index contributed by atoms with van der Waals surface area (Å²) in [5.41, 5.74) is 0. The largest absolute Gasteiger partial charge is 0.481 e. The van der Waals surface area contributed by atoms with E-state index in [0.29, 0.717) is 6.54 Å². The van der Waals surface area contributed by atoms with Gasteiger partial charge in [-0.3, -0.25) is 4.79 Å². The first kappa shape index (κ1) is 16.4. The highest BCUT2D eigenvalue weighted by Gasteiger charge is 2.38. The number of nitrogens with zero attached hydrogens (tertiary/aromatic N) is 2. The number of hydrogen-bond acceptors (Lipinski definition) is 5. The molecule has 2 atom stereocenters. The van der Waals surface area contributed by atoms with Crippen LogP contribution in [0.3, 0.4) is 0 Å². The maximum Gasteiger partial charge on any atom is 0.320 e. The Kier molecular flexibility index (Phi) is 5.03. The van der Waals surface area contributed by atoms with E-state index >= 15 is 0 Å². The molecule has 0 aliphatic carbocycles. The summed E-state index contributed by atoms with van der Waals surface area (Å²) in [7, 11) is -3.27. The van der Waals surface area contributed by atoms with E-state index in [2.05, 4.69) is 0 Å². The number of carbonyl (C=O) groups excluding carboxylic acids is 1. The topological polar surface area (TPSA) is 95.0 Å². The molecule has 0 spiro atoms. The maximum atomic E-state index is 12.6. The fourth-order valence-corrected chi connectivity index (χ4v) is 5.22. The van der Waals surface area contributed by atoms with Crippen molar-refractivity contribution in [3.8, 4) is 0 Å². The Morgan fingerprint density at radius 3 is 2.62 bits per heavy atom. The van der Waals surface area contributed by atoms with Crippen LogP contribution >= 0.6 is 11.8 Å². The summed E-state index contributed by atoms with van der Waals surface area (Å²) in [5.74, 6) is 0.262. The lowest BCUT2D eigenvalue weighted by Gasteiger charge is -2.41. The van der Waals surface area contributed by atoms with Gasteiger partial charge in [-0.15, -0.1) is 0 Å².